The van der Waals surface area contributed by atoms with Gasteiger partial charge in [0.1, 0.15) is 5.69 Å². The molecule has 1 heterocycles. The molecule has 0 aliphatic carbocycles. The fourth-order valence-electron chi connectivity index (χ4n) is 4.16. The van der Waals surface area contributed by atoms with E-state index in [4.69, 9.17) is 4.74 Å². The van der Waals surface area contributed by atoms with Crippen molar-refractivity contribution in [1.29, 1.82) is 0 Å². The summed E-state index contributed by atoms with van der Waals surface area (Å²) in [6, 6.07) is 20.0. The summed E-state index contributed by atoms with van der Waals surface area (Å²) >= 11 is 0. The lowest BCUT2D eigenvalue weighted by atomic mass is 10.2. The number of nitrogens with one attached hydrogen (secondary N) is 2. The molecule has 0 saturated carbocycles. The molecule has 208 valence electrons. The van der Waals surface area contributed by atoms with E-state index in [1.54, 1.807) is 87.1 Å². The van der Waals surface area contributed by atoms with Crippen molar-refractivity contribution in [1.82, 2.24) is 9.36 Å². The van der Waals surface area contributed by atoms with E-state index < -0.39 is 33.6 Å². The van der Waals surface area contributed by atoms with Crippen LogP contribution < -0.4 is 15.6 Å². The Balaban J connectivity index is 1.52. The number of aryl methyl sites for hydroxylation is 2. The van der Waals surface area contributed by atoms with Gasteiger partial charge in [0.2, 0.25) is 0 Å². The molecule has 0 aliphatic heterocycles. The first-order valence-electron chi connectivity index (χ1n) is 12.5. The largest absolute Gasteiger partial charge is 0.449 e. The van der Waals surface area contributed by atoms with Gasteiger partial charge in [-0.2, -0.15) is 0 Å². The van der Waals surface area contributed by atoms with E-state index in [0.29, 0.717) is 16.9 Å². The molecule has 11 heteroatoms. The Morgan fingerprint density at radius 2 is 1.57 bits per heavy atom. The molecule has 0 aliphatic rings. The maximum Gasteiger partial charge on any atom is 0.341 e. The van der Waals surface area contributed by atoms with Gasteiger partial charge in [-0.05, 0) is 69.2 Å². The minimum absolute atomic E-state index is 0.00525. The van der Waals surface area contributed by atoms with Crippen LogP contribution in [0.15, 0.2) is 82.5 Å². The fourth-order valence-corrected chi connectivity index (χ4v) is 5.57. The summed E-state index contributed by atoms with van der Waals surface area (Å²) in [5.74, 6) is -1.62. The van der Waals surface area contributed by atoms with Crippen molar-refractivity contribution in [3.8, 4) is 5.69 Å². The van der Waals surface area contributed by atoms with Crippen LogP contribution in [0.5, 0.6) is 0 Å². The van der Waals surface area contributed by atoms with Gasteiger partial charge in [0.15, 0.2) is 6.10 Å². The normalized spacial score (nSPS) is 12.0. The number of aromatic nitrogens is 2. The molecule has 0 spiro atoms. The maximum absolute atomic E-state index is 13.1. The van der Waals surface area contributed by atoms with E-state index in [2.05, 4.69) is 10.0 Å². The van der Waals surface area contributed by atoms with E-state index in [1.165, 1.54) is 23.7 Å². The average molecular weight is 563 g/mol. The molecule has 1 amide bonds. The number of ether oxygens (including phenoxy) is 1. The summed E-state index contributed by atoms with van der Waals surface area (Å²) < 4.78 is 37.1. The lowest BCUT2D eigenvalue weighted by molar-refractivity contribution is -0.123. The summed E-state index contributed by atoms with van der Waals surface area (Å²) in [6.07, 6.45) is -1.29. The van der Waals surface area contributed by atoms with E-state index >= 15 is 0 Å². The van der Waals surface area contributed by atoms with Gasteiger partial charge in [0.25, 0.3) is 21.5 Å². The van der Waals surface area contributed by atoms with Crippen LogP contribution >= 0.6 is 0 Å². The number of carbonyl (C=O) groups is 2. The number of rotatable bonds is 8. The minimum Gasteiger partial charge on any atom is -0.449 e. The molecule has 1 unspecified atom stereocenters. The van der Waals surface area contributed by atoms with Gasteiger partial charge in [0.05, 0.1) is 27.5 Å². The molecule has 2 N–H and O–H groups in total. The number of benzene rings is 3. The van der Waals surface area contributed by atoms with Crippen LogP contribution in [0.25, 0.3) is 5.69 Å². The minimum atomic E-state index is -4.02. The lowest BCUT2D eigenvalue weighted by Gasteiger charge is -2.16. The Morgan fingerprint density at radius 3 is 2.27 bits per heavy atom. The Bertz CT molecular complexity index is 1760. The molecule has 0 radical (unpaired) electrons. The van der Waals surface area contributed by atoms with E-state index in [0.717, 1.165) is 5.56 Å². The van der Waals surface area contributed by atoms with Crippen LogP contribution in [0, 0.1) is 20.8 Å². The summed E-state index contributed by atoms with van der Waals surface area (Å²) in [5, 5.41) is 2.57. The third-order valence-corrected chi connectivity index (χ3v) is 7.99. The summed E-state index contributed by atoms with van der Waals surface area (Å²) in [4.78, 5) is 39.2. The Kier molecular flexibility index (Phi) is 7.96. The molecule has 1 aromatic heterocycles. The molecule has 4 rings (SSSR count). The predicted octanol–water partition coefficient (Wildman–Crippen LogP) is 4.09. The van der Waals surface area contributed by atoms with Gasteiger partial charge in [-0.1, -0.05) is 42.5 Å². The maximum atomic E-state index is 13.1. The molecule has 10 nitrogen and oxygen atoms in total. The molecule has 0 fully saturated rings. The van der Waals surface area contributed by atoms with Gasteiger partial charge < -0.3 is 10.1 Å². The van der Waals surface area contributed by atoms with Crippen molar-refractivity contribution in [3.05, 3.63) is 106 Å². The van der Waals surface area contributed by atoms with Gasteiger partial charge in [-0.15, -0.1) is 0 Å². The Morgan fingerprint density at radius 1 is 0.925 bits per heavy atom. The van der Waals surface area contributed by atoms with Gasteiger partial charge in [-0.3, -0.25) is 19.0 Å². The van der Waals surface area contributed by atoms with Crippen LogP contribution in [0.2, 0.25) is 0 Å². The Labute approximate surface area is 232 Å². The zero-order chi connectivity index (χ0) is 29.2. The first-order chi connectivity index (χ1) is 18.9. The Hall–Kier alpha value is -4.64. The van der Waals surface area contributed by atoms with Crippen LogP contribution in [-0.2, 0) is 26.6 Å². The standard InChI is InChI=1S/C29H30N4O6S/c1-18-15-16-19(2)25(17-18)40(37,38)31-24-14-10-9-13-23(24)29(36)39-21(4)27(34)30-26-20(3)32(5)33(28(26)35)22-11-7-6-8-12-22/h6-17,21,31H,1-5H3,(H,30,34). The number of carbonyl (C=O) groups excluding carboxylic acids is 2. The topological polar surface area (TPSA) is 128 Å². The summed E-state index contributed by atoms with van der Waals surface area (Å²) in [7, 11) is -2.33. The number of anilines is 2. The second kappa shape index (κ2) is 11.2. The zero-order valence-electron chi connectivity index (χ0n) is 22.8. The molecular weight excluding hydrogens is 532 g/mol. The monoisotopic (exact) mass is 562 g/mol. The van der Waals surface area contributed by atoms with Crippen LogP contribution in [0.3, 0.4) is 0 Å². The molecule has 0 bridgehead atoms. The number of nitrogens with zero attached hydrogens (tertiary/aromatic N) is 2. The fraction of sp³-hybridized carbons (Fsp3) is 0.207. The molecule has 0 saturated heterocycles. The number of esters is 1. The third-order valence-electron chi connectivity index (χ3n) is 6.48. The summed E-state index contributed by atoms with van der Waals surface area (Å²) in [6.45, 7) is 6.51. The van der Waals surface area contributed by atoms with Crippen molar-refractivity contribution in [2.45, 2.75) is 38.7 Å². The third kappa shape index (κ3) is 5.69. The van der Waals surface area contributed by atoms with Crippen molar-refractivity contribution < 1.29 is 22.7 Å². The number of hydrogen-bond donors (Lipinski definition) is 2. The lowest BCUT2D eigenvalue weighted by Crippen LogP contribution is -2.32. The highest BCUT2D eigenvalue weighted by Gasteiger charge is 2.26. The molecule has 4 aromatic rings. The van der Waals surface area contributed by atoms with Crippen molar-refractivity contribution in [2.75, 3.05) is 10.0 Å². The highest BCUT2D eigenvalue weighted by Crippen LogP contribution is 2.24. The van der Waals surface area contributed by atoms with E-state index in [-0.39, 0.29) is 21.8 Å². The summed E-state index contributed by atoms with van der Waals surface area (Å²) in [5.41, 5.74) is 1.99. The number of amides is 1. The molecule has 1 atom stereocenters. The van der Waals surface area contributed by atoms with E-state index in [1.807, 2.05) is 6.07 Å². The average Bonchev–Trinajstić information content (AvgIpc) is 3.13. The second-order valence-electron chi connectivity index (χ2n) is 9.39. The number of para-hydroxylation sites is 2. The van der Waals surface area contributed by atoms with Crippen LogP contribution in [-0.4, -0.2) is 35.8 Å². The number of sulfonamides is 1. The van der Waals surface area contributed by atoms with Crippen LogP contribution in [0.1, 0.15) is 34.1 Å². The SMILES string of the molecule is Cc1ccc(C)c(S(=O)(=O)Nc2ccccc2C(=O)OC(C)C(=O)Nc2c(C)n(C)n(-c3ccccc3)c2=O)c1. The second-order valence-corrected chi connectivity index (χ2v) is 11.0. The van der Waals surface area contributed by atoms with Crippen molar-refractivity contribution in [2.24, 2.45) is 7.05 Å². The van der Waals surface area contributed by atoms with Gasteiger partial charge in [0, 0.05) is 7.05 Å². The van der Waals surface area contributed by atoms with Crippen molar-refractivity contribution >= 4 is 33.3 Å². The van der Waals surface area contributed by atoms with E-state index in [9.17, 15) is 22.8 Å². The molecule has 40 heavy (non-hydrogen) atoms. The van der Waals surface area contributed by atoms with Gasteiger partial charge in [-0.25, -0.2) is 17.9 Å². The van der Waals surface area contributed by atoms with Gasteiger partial charge >= 0.3 is 5.97 Å². The smallest absolute Gasteiger partial charge is 0.341 e. The zero-order valence-corrected chi connectivity index (χ0v) is 23.6. The highest BCUT2D eigenvalue weighted by atomic mass is 32.2. The molecular formula is C29H30N4O6S. The predicted molar refractivity (Wildman–Crippen MR) is 152 cm³/mol. The first-order valence-corrected chi connectivity index (χ1v) is 13.9. The molecule has 3 aromatic carbocycles. The first kappa shape index (κ1) is 28.4. The van der Waals surface area contributed by atoms with Crippen molar-refractivity contribution in [3.63, 3.8) is 0 Å². The number of hydrogen-bond acceptors (Lipinski definition) is 6. The van der Waals surface area contributed by atoms with Crippen LogP contribution in [0.4, 0.5) is 11.4 Å². The quantitative estimate of drug-likeness (QED) is 0.312. The highest BCUT2D eigenvalue weighted by molar-refractivity contribution is 7.92.